The summed E-state index contributed by atoms with van der Waals surface area (Å²) in [5, 5.41) is 0. The van der Waals surface area contributed by atoms with Gasteiger partial charge < -0.3 is 9.53 Å². The van der Waals surface area contributed by atoms with Gasteiger partial charge in [-0.3, -0.25) is 0 Å². The zero-order valence-corrected chi connectivity index (χ0v) is 5.67. The van der Waals surface area contributed by atoms with E-state index in [4.69, 9.17) is 4.74 Å². The highest BCUT2D eigenvalue weighted by molar-refractivity contribution is 5.57. The van der Waals surface area contributed by atoms with Crippen LogP contribution in [0.4, 0.5) is 0 Å². The maximum Gasteiger partial charge on any atom is 0.149 e. The SMILES string of the molecule is CCOC(C=O)C1CC1. The van der Waals surface area contributed by atoms with Crippen molar-refractivity contribution in [2.45, 2.75) is 25.9 Å². The Kier molecular flexibility index (Phi) is 2.22. The highest BCUT2D eigenvalue weighted by Crippen LogP contribution is 2.33. The number of hydrogen-bond donors (Lipinski definition) is 0. The molecule has 0 aliphatic heterocycles. The third kappa shape index (κ3) is 1.79. The second-order valence-corrected chi connectivity index (χ2v) is 2.39. The first-order valence-electron chi connectivity index (χ1n) is 3.45. The third-order valence-corrected chi connectivity index (χ3v) is 1.58. The molecule has 1 atom stereocenters. The van der Waals surface area contributed by atoms with E-state index in [0.29, 0.717) is 12.5 Å². The summed E-state index contributed by atoms with van der Waals surface area (Å²) in [6, 6.07) is 0. The van der Waals surface area contributed by atoms with E-state index in [1.165, 1.54) is 12.8 Å². The van der Waals surface area contributed by atoms with E-state index in [1.54, 1.807) is 0 Å². The van der Waals surface area contributed by atoms with Crippen LogP contribution in [0.3, 0.4) is 0 Å². The van der Waals surface area contributed by atoms with Gasteiger partial charge in [0.15, 0.2) is 0 Å². The predicted molar refractivity (Wildman–Crippen MR) is 34.2 cm³/mol. The van der Waals surface area contributed by atoms with Crippen LogP contribution in [0.2, 0.25) is 0 Å². The quantitative estimate of drug-likeness (QED) is 0.528. The van der Waals surface area contributed by atoms with Crippen molar-refractivity contribution < 1.29 is 9.53 Å². The Balaban J connectivity index is 2.20. The Morgan fingerprint density at radius 2 is 2.44 bits per heavy atom. The fourth-order valence-electron chi connectivity index (χ4n) is 0.904. The summed E-state index contributed by atoms with van der Waals surface area (Å²) in [5.74, 6) is 0.544. The molecule has 0 aromatic rings. The van der Waals surface area contributed by atoms with Crippen LogP contribution in [-0.2, 0) is 9.53 Å². The molecule has 0 saturated heterocycles. The normalized spacial score (nSPS) is 21.4. The second kappa shape index (κ2) is 2.97. The minimum Gasteiger partial charge on any atom is -0.371 e. The van der Waals surface area contributed by atoms with Gasteiger partial charge in [0, 0.05) is 6.61 Å². The van der Waals surface area contributed by atoms with Gasteiger partial charge in [-0.1, -0.05) is 0 Å². The van der Waals surface area contributed by atoms with E-state index in [9.17, 15) is 4.79 Å². The maximum absolute atomic E-state index is 10.3. The van der Waals surface area contributed by atoms with Crippen LogP contribution in [0.5, 0.6) is 0 Å². The average Bonchev–Trinajstić information content (AvgIpc) is 2.64. The van der Waals surface area contributed by atoms with Crippen molar-refractivity contribution in [2.75, 3.05) is 6.61 Å². The minimum atomic E-state index is -0.102. The molecule has 1 unspecified atom stereocenters. The van der Waals surface area contributed by atoms with Crippen LogP contribution in [0, 0.1) is 5.92 Å². The van der Waals surface area contributed by atoms with Gasteiger partial charge in [0.1, 0.15) is 12.4 Å². The van der Waals surface area contributed by atoms with Gasteiger partial charge in [0.25, 0.3) is 0 Å². The highest BCUT2D eigenvalue weighted by atomic mass is 16.5. The number of carbonyl (C=O) groups excluding carboxylic acids is 1. The first kappa shape index (κ1) is 6.75. The smallest absolute Gasteiger partial charge is 0.149 e. The Morgan fingerprint density at radius 1 is 1.78 bits per heavy atom. The van der Waals surface area contributed by atoms with Crippen LogP contribution in [0.15, 0.2) is 0 Å². The number of aldehydes is 1. The number of ether oxygens (including phenoxy) is 1. The van der Waals surface area contributed by atoms with E-state index in [1.807, 2.05) is 6.92 Å². The predicted octanol–water partition coefficient (Wildman–Crippen LogP) is 1.00. The van der Waals surface area contributed by atoms with Crippen LogP contribution in [-0.4, -0.2) is 19.0 Å². The second-order valence-electron chi connectivity index (χ2n) is 2.39. The molecule has 0 radical (unpaired) electrons. The van der Waals surface area contributed by atoms with Crippen LogP contribution < -0.4 is 0 Å². The summed E-state index contributed by atoms with van der Waals surface area (Å²) >= 11 is 0. The Morgan fingerprint density at radius 3 is 2.78 bits per heavy atom. The van der Waals surface area contributed by atoms with Gasteiger partial charge >= 0.3 is 0 Å². The lowest BCUT2D eigenvalue weighted by atomic mass is 10.2. The number of carbonyl (C=O) groups is 1. The van der Waals surface area contributed by atoms with Crippen molar-refractivity contribution in [1.29, 1.82) is 0 Å². The van der Waals surface area contributed by atoms with E-state index in [0.717, 1.165) is 6.29 Å². The van der Waals surface area contributed by atoms with Crippen molar-refractivity contribution in [3.63, 3.8) is 0 Å². The van der Waals surface area contributed by atoms with Gasteiger partial charge in [-0.05, 0) is 25.7 Å². The third-order valence-electron chi connectivity index (χ3n) is 1.58. The molecule has 0 spiro atoms. The van der Waals surface area contributed by atoms with Gasteiger partial charge in [0.05, 0.1) is 0 Å². The largest absolute Gasteiger partial charge is 0.371 e. The summed E-state index contributed by atoms with van der Waals surface area (Å²) in [4.78, 5) is 10.3. The molecule has 2 nitrogen and oxygen atoms in total. The molecule has 9 heavy (non-hydrogen) atoms. The van der Waals surface area contributed by atoms with E-state index < -0.39 is 0 Å². The molecule has 1 aliphatic rings. The van der Waals surface area contributed by atoms with Crippen molar-refractivity contribution in [2.24, 2.45) is 5.92 Å². The molecule has 1 fully saturated rings. The minimum absolute atomic E-state index is 0.102. The molecule has 0 aromatic heterocycles. The topological polar surface area (TPSA) is 26.3 Å². The first-order valence-corrected chi connectivity index (χ1v) is 3.45. The lowest BCUT2D eigenvalue weighted by Crippen LogP contribution is -2.16. The van der Waals surface area contributed by atoms with E-state index >= 15 is 0 Å². The lowest BCUT2D eigenvalue weighted by Gasteiger charge is -2.06. The summed E-state index contributed by atoms with van der Waals surface area (Å²) in [6.07, 6.45) is 3.16. The monoisotopic (exact) mass is 128 g/mol. The number of hydrogen-bond acceptors (Lipinski definition) is 2. The van der Waals surface area contributed by atoms with Gasteiger partial charge in [0.2, 0.25) is 0 Å². The average molecular weight is 128 g/mol. The Bertz CT molecular complexity index is 97.1. The van der Waals surface area contributed by atoms with Crippen molar-refractivity contribution in [3.05, 3.63) is 0 Å². The summed E-state index contributed by atoms with van der Waals surface area (Å²) in [7, 11) is 0. The molecule has 0 aromatic carbocycles. The molecule has 2 heteroatoms. The van der Waals surface area contributed by atoms with Crippen LogP contribution >= 0.6 is 0 Å². The molecule has 0 heterocycles. The standard InChI is InChI=1S/C7H12O2/c1-2-9-7(5-8)6-3-4-6/h5-7H,2-4H2,1H3. The Labute approximate surface area is 55.2 Å². The molecule has 0 bridgehead atoms. The highest BCUT2D eigenvalue weighted by Gasteiger charge is 2.31. The first-order chi connectivity index (χ1) is 4.38. The summed E-state index contributed by atoms with van der Waals surface area (Å²) in [6.45, 7) is 2.57. The van der Waals surface area contributed by atoms with Crippen molar-refractivity contribution in [1.82, 2.24) is 0 Å². The molecular formula is C7H12O2. The number of rotatable bonds is 4. The maximum atomic E-state index is 10.3. The molecule has 52 valence electrons. The van der Waals surface area contributed by atoms with Crippen molar-refractivity contribution in [3.8, 4) is 0 Å². The molecule has 1 saturated carbocycles. The van der Waals surface area contributed by atoms with Gasteiger partial charge in [-0.25, -0.2) is 0 Å². The molecule has 0 N–H and O–H groups in total. The molecule has 1 aliphatic carbocycles. The van der Waals surface area contributed by atoms with E-state index in [2.05, 4.69) is 0 Å². The zero-order chi connectivity index (χ0) is 6.69. The molecule has 0 amide bonds. The zero-order valence-electron chi connectivity index (χ0n) is 5.67. The van der Waals surface area contributed by atoms with Crippen LogP contribution in [0.25, 0.3) is 0 Å². The molecule has 1 rings (SSSR count). The van der Waals surface area contributed by atoms with E-state index in [-0.39, 0.29) is 6.10 Å². The lowest BCUT2D eigenvalue weighted by molar-refractivity contribution is -0.118. The fourth-order valence-corrected chi connectivity index (χ4v) is 0.904. The summed E-state index contributed by atoms with van der Waals surface area (Å²) in [5.41, 5.74) is 0. The van der Waals surface area contributed by atoms with Crippen molar-refractivity contribution >= 4 is 6.29 Å². The van der Waals surface area contributed by atoms with Gasteiger partial charge in [-0.15, -0.1) is 0 Å². The fraction of sp³-hybridized carbons (Fsp3) is 0.857. The van der Waals surface area contributed by atoms with Gasteiger partial charge in [-0.2, -0.15) is 0 Å². The summed E-state index contributed by atoms with van der Waals surface area (Å²) < 4.78 is 5.15. The van der Waals surface area contributed by atoms with Crippen LogP contribution in [0.1, 0.15) is 19.8 Å². The molecular weight excluding hydrogens is 116 g/mol. The Hall–Kier alpha value is -0.370.